The van der Waals surface area contributed by atoms with E-state index in [0.717, 1.165) is 26.9 Å². The number of amides is 1. The highest BCUT2D eigenvalue weighted by Crippen LogP contribution is 2.61. The molecular formula is C33H26Cl2NOP. The molecule has 5 heteroatoms. The minimum atomic E-state index is -2.52. The van der Waals surface area contributed by atoms with Crippen LogP contribution in [0.4, 0.5) is 0 Å². The van der Waals surface area contributed by atoms with Crippen molar-refractivity contribution in [2.24, 2.45) is 0 Å². The van der Waals surface area contributed by atoms with Crippen molar-refractivity contribution in [2.45, 2.75) is 0 Å². The summed E-state index contributed by atoms with van der Waals surface area (Å²) in [4.78, 5) is 13.7. The topological polar surface area (TPSA) is 29.1 Å². The van der Waals surface area contributed by atoms with Gasteiger partial charge in [-0.25, -0.2) is 0 Å². The highest BCUT2D eigenvalue weighted by atomic mass is 35.5. The molecule has 1 N–H and O–H groups in total. The van der Waals surface area contributed by atoms with E-state index in [9.17, 15) is 4.79 Å². The standard InChI is InChI=1S/C33H25ClNOP.ClH/c34-28-23-21-26(22-24-28)25-32(35-33(36)27-13-5-1-6-14-27)37(29-15-7-2-8-16-29,30-17-9-3-10-18-30)31-19-11-4-12-20-31;/h1-25H;1H. The zero-order chi connectivity index (χ0) is 25.5. The molecule has 0 aliphatic rings. The van der Waals surface area contributed by atoms with E-state index in [1.807, 2.05) is 72.8 Å². The van der Waals surface area contributed by atoms with Gasteiger partial charge in [-0.3, -0.25) is 10.1 Å². The lowest BCUT2D eigenvalue weighted by molar-refractivity contribution is -0.0000152. The normalized spacial score (nSPS) is 11.3. The van der Waals surface area contributed by atoms with Gasteiger partial charge in [0.25, 0.3) is 5.91 Å². The van der Waals surface area contributed by atoms with Crippen LogP contribution in [0.5, 0.6) is 0 Å². The van der Waals surface area contributed by atoms with E-state index in [1.165, 1.54) is 0 Å². The summed E-state index contributed by atoms with van der Waals surface area (Å²) < 4.78 is 0. The number of hydrogen-bond acceptors (Lipinski definition) is 1. The summed E-state index contributed by atoms with van der Waals surface area (Å²) >= 11 is 6.21. The minimum absolute atomic E-state index is 0. The lowest BCUT2D eigenvalue weighted by atomic mass is 10.2. The van der Waals surface area contributed by atoms with Crippen LogP contribution in [0, 0.1) is 0 Å². The fraction of sp³-hybridized carbons (Fsp3) is 0. The second-order valence-corrected chi connectivity index (χ2v) is 12.4. The first kappa shape index (κ1) is 27.4. The smallest absolute Gasteiger partial charge is 0.258 e. The van der Waals surface area contributed by atoms with Crippen molar-refractivity contribution < 1.29 is 17.2 Å². The van der Waals surface area contributed by atoms with E-state index < -0.39 is 7.26 Å². The Labute approximate surface area is 235 Å². The molecule has 0 aliphatic heterocycles. The molecule has 0 fully saturated rings. The Morgan fingerprint density at radius 1 is 0.579 bits per heavy atom. The molecule has 5 rings (SSSR count). The van der Waals surface area contributed by atoms with E-state index in [0.29, 0.717) is 10.6 Å². The number of halogens is 2. The van der Waals surface area contributed by atoms with Crippen LogP contribution in [0.25, 0.3) is 6.08 Å². The Bertz CT molecular complexity index is 1390. The van der Waals surface area contributed by atoms with Crippen LogP contribution in [0.15, 0.2) is 151 Å². The van der Waals surface area contributed by atoms with Gasteiger partial charge in [0.2, 0.25) is 0 Å². The Kier molecular flexibility index (Phi) is 9.15. The van der Waals surface area contributed by atoms with Gasteiger partial charge in [-0.05, 0) is 66.2 Å². The van der Waals surface area contributed by atoms with Gasteiger partial charge in [0.05, 0.1) is 0 Å². The van der Waals surface area contributed by atoms with E-state index in [1.54, 1.807) is 0 Å². The maximum Gasteiger partial charge on any atom is 0.258 e. The van der Waals surface area contributed by atoms with Crippen LogP contribution in [0.1, 0.15) is 15.9 Å². The van der Waals surface area contributed by atoms with Crippen molar-refractivity contribution >= 4 is 46.8 Å². The zero-order valence-corrected chi connectivity index (χ0v) is 23.0. The summed E-state index contributed by atoms with van der Waals surface area (Å²) in [5.41, 5.74) is 2.42. The zero-order valence-electron chi connectivity index (χ0n) is 20.5. The Hall–Kier alpha value is -3.68. The third-order valence-corrected chi connectivity index (χ3v) is 10.7. The first-order valence-electron chi connectivity index (χ1n) is 12.1. The van der Waals surface area contributed by atoms with Crippen molar-refractivity contribution in [1.29, 1.82) is 0 Å². The van der Waals surface area contributed by atoms with Crippen molar-refractivity contribution in [3.05, 3.63) is 167 Å². The quantitative estimate of drug-likeness (QED) is 0.302. The van der Waals surface area contributed by atoms with Gasteiger partial charge in [0.15, 0.2) is 12.7 Å². The first-order chi connectivity index (χ1) is 18.2. The van der Waals surface area contributed by atoms with Crippen molar-refractivity contribution in [2.75, 3.05) is 0 Å². The van der Waals surface area contributed by atoms with Crippen LogP contribution in [-0.4, -0.2) is 5.91 Å². The molecule has 188 valence electrons. The Balaban J connectivity index is 0.00000336. The predicted octanol–water partition coefficient (Wildman–Crippen LogP) is 4.07. The summed E-state index contributed by atoms with van der Waals surface area (Å²) in [5, 5.41) is 7.50. The molecule has 0 unspecified atom stereocenters. The molecule has 0 heterocycles. The predicted molar refractivity (Wildman–Crippen MR) is 158 cm³/mol. The monoisotopic (exact) mass is 553 g/mol. The highest BCUT2D eigenvalue weighted by Gasteiger charge is 2.50. The Morgan fingerprint density at radius 2 is 0.974 bits per heavy atom. The number of carbonyl (C=O) groups is 1. The van der Waals surface area contributed by atoms with Crippen molar-refractivity contribution in [3.8, 4) is 0 Å². The molecule has 0 atom stereocenters. The fourth-order valence-corrected chi connectivity index (χ4v) is 8.86. The van der Waals surface area contributed by atoms with Gasteiger partial charge < -0.3 is 12.4 Å². The molecule has 0 bridgehead atoms. The van der Waals surface area contributed by atoms with Gasteiger partial charge in [0, 0.05) is 16.7 Å². The van der Waals surface area contributed by atoms with E-state index in [4.69, 9.17) is 11.6 Å². The number of carbonyl (C=O) groups excluding carboxylic acids is 1. The third-order valence-electron chi connectivity index (χ3n) is 6.24. The summed E-state index contributed by atoms with van der Waals surface area (Å²) in [6, 6.07) is 48.5. The molecule has 0 radical (unpaired) electrons. The second-order valence-electron chi connectivity index (χ2n) is 8.58. The third kappa shape index (κ3) is 5.74. The molecule has 38 heavy (non-hydrogen) atoms. The van der Waals surface area contributed by atoms with Crippen molar-refractivity contribution in [1.82, 2.24) is 5.32 Å². The van der Waals surface area contributed by atoms with Gasteiger partial charge in [-0.15, -0.1) is 0 Å². The lowest BCUT2D eigenvalue weighted by Crippen LogP contribution is -3.00. The van der Waals surface area contributed by atoms with Crippen LogP contribution in [0.2, 0.25) is 5.02 Å². The average molecular weight is 554 g/mol. The largest absolute Gasteiger partial charge is 1.00 e. The SMILES string of the molecule is O=C(NC(=Cc1ccc(Cl)cc1)[P+](c1ccccc1)(c1ccccc1)c1ccccc1)c1ccccc1.[Cl-]. The van der Waals surface area contributed by atoms with Gasteiger partial charge in [-0.2, -0.15) is 0 Å². The summed E-state index contributed by atoms with van der Waals surface area (Å²) in [7, 11) is -2.52. The molecule has 0 spiro atoms. The Morgan fingerprint density at radius 3 is 1.39 bits per heavy atom. The van der Waals surface area contributed by atoms with E-state index >= 15 is 0 Å². The molecule has 0 saturated heterocycles. The highest BCUT2D eigenvalue weighted by molar-refractivity contribution is 7.99. The molecule has 1 amide bonds. The number of benzene rings is 5. The van der Waals surface area contributed by atoms with Gasteiger partial charge in [-0.1, -0.05) is 96.5 Å². The summed E-state index contributed by atoms with van der Waals surface area (Å²) in [6.45, 7) is 0. The lowest BCUT2D eigenvalue weighted by Gasteiger charge is -2.29. The molecule has 0 saturated carbocycles. The summed E-state index contributed by atoms with van der Waals surface area (Å²) in [6.07, 6.45) is 2.10. The molecule has 0 aromatic heterocycles. The van der Waals surface area contributed by atoms with Gasteiger partial charge >= 0.3 is 0 Å². The molecular weight excluding hydrogens is 528 g/mol. The number of nitrogens with one attached hydrogen (secondary N) is 1. The van der Waals surface area contributed by atoms with E-state index in [2.05, 4.69) is 84.2 Å². The summed E-state index contributed by atoms with van der Waals surface area (Å²) in [5.74, 6) is -0.145. The maximum absolute atomic E-state index is 13.7. The molecule has 2 nitrogen and oxygen atoms in total. The first-order valence-corrected chi connectivity index (χ1v) is 14.2. The maximum atomic E-state index is 13.7. The minimum Gasteiger partial charge on any atom is -1.00 e. The second kappa shape index (κ2) is 12.7. The van der Waals surface area contributed by atoms with Crippen LogP contribution in [-0.2, 0) is 0 Å². The van der Waals surface area contributed by atoms with Crippen LogP contribution < -0.4 is 33.6 Å². The molecule has 0 aliphatic carbocycles. The van der Waals surface area contributed by atoms with E-state index in [-0.39, 0.29) is 18.3 Å². The van der Waals surface area contributed by atoms with Crippen LogP contribution >= 0.6 is 18.9 Å². The number of hydrogen-bond donors (Lipinski definition) is 1. The average Bonchev–Trinajstić information content (AvgIpc) is 2.97. The molecule has 5 aromatic carbocycles. The van der Waals surface area contributed by atoms with Gasteiger partial charge in [0.1, 0.15) is 15.9 Å². The molecule has 5 aromatic rings. The number of rotatable bonds is 7. The van der Waals surface area contributed by atoms with Crippen molar-refractivity contribution in [3.63, 3.8) is 0 Å². The fourth-order valence-electron chi connectivity index (χ4n) is 4.53. The van der Waals surface area contributed by atoms with Crippen LogP contribution in [0.3, 0.4) is 0 Å².